The molecular formula is C32H27F5O8. The fourth-order valence-corrected chi connectivity index (χ4v) is 2.77. The van der Waals surface area contributed by atoms with E-state index in [1.165, 1.54) is 93.6 Å². The van der Waals surface area contributed by atoms with Crippen molar-refractivity contribution in [3.05, 3.63) is 120 Å². The van der Waals surface area contributed by atoms with Crippen molar-refractivity contribution in [3.8, 4) is 23.0 Å². The van der Waals surface area contributed by atoms with Gasteiger partial charge in [-0.2, -0.15) is 4.39 Å². The van der Waals surface area contributed by atoms with Crippen LogP contribution in [0.2, 0.25) is 0 Å². The van der Waals surface area contributed by atoms with Gasteiger partial charge in [0.2, 0.25) is 5.82 Å². The Morgan fingerprint density at radius 3 is 1.44 bits per heavy atom. The maximum Gasteiger partial charge on any atom is 0.308 e. The van der Waals surface area contributed by atoms with Crippen molar-refractivity contribution in [3.63, 3.8) is 0 Å². The first-order chi connectivity index (χ1) is 21.2. The molecule has 0 unspecified atom stereocenters. The SMILES string of the molecule is CC(=O)Oc1ccc(F)cc1.CC(=O)Oc1cccc(F)c1.CC(=O)Oc1cccc(F)c1F.CC(=O)Oc1ccccc1F. The van der Waals surface area contributed by atoms with Gasteiger partial charge in [-0.15, -0.1) is 0 Å². The molecule has 4 aromatic rings. The van der Waals surface area contributed by atoms with Crippen molar-refractivity contribution in [1.82, 2.24) is 0 Å². The van der Waals surface area contributed by atoms with Crippen LogP contribution in [0, 0.1) is 29.1 Å². The number of halogens is 5. The van der Waals surface area contributed by atoms with Crippen LogP contribution in [-0.4, -0.2) is 23.9 Å². The molecule has 0 aliphatic heterocycles. The van der Waals surface area contributed by atoms with Gasteiger partial charge in [0.15, 0.2) is 23.1 Å². The summed E-state index contributed by atoms with van der Waals surface area (Å²) in [5.74, 6) is -5.34. The highest BCUT2D eigenvalue weighted by Gasteiger charge is 2.09. The molecule has 13 heteroatoms. The molecule has 0 aliphatic rings. The van der Waals surface area contributed by atoms with Gasteiger partial charge < -0.3 is 18.9 Å². The number of carbonyl (C=O) groups excluding carboxylic acids is 4. The van der Waals surface area contributed by atoms with E-state index >= 15 is 0 Å². The molecule has 0 N–H and O–H groups in total. The van der Waals surface area contributed by atoms with Gasteiger partial charge in [0, 0.05) is 33.8 Å². The summed E-state index contributed by atoms with van der Waals surface area (Å²) in [6, 6.07) is 19.9. The second kappa shape index (κ2) is 19.6. The third kappa shape index (κ3) is 16.6. The summed E-state index contributed by atoms with van der Waals surface area (Å²) in [5.41, 5.74) is 0. The molecule has 8 nitrogen and oxygen atoms in total. The molecule has 0 bridgehead atoms. The van der Waals surface area contributed by atoms with Crippen molar-refractivity contribution >= 4 is 23.9 Å². The Balaban J connectivity index is 0.000000300. The molecule has 0 radical (unpaired) electrons. The lowest BCUT2D eigenvalue weighted by atomic mass is 10.3. The van der Waals surface area contributed by atoms with E-state index in [2.05, 4.69) is 18.9 Å². The number of hydrogen-bond acceptors (Lipinski definition) is 8. The van der Waals surface area contributed by atoms with Crippen molar-refractivity contribution in [2.24, 2.45) is 0 Å². The van der Waals surface area contributed by atoms with Gasteiger partial charge in [0.25, 0.3) is 0 Å². The predicted octanol–water partition coefficient (Wildman–Crippen LogP) is 7.14. The van der Waals surface area contributed by atoms with Crippen LogP contribution in [0.5, 0.6) is 23.0 Å². The molecule has 0 heterocycles. The van der Waals surface area contributed by atoms with Gasteiger partial charge in [-0.1, -0.05) is 24.3 Å². The van der Waals surface area contributed by atoms with Crippen LogP contribution in [0.1, 0.15) is 27.7 Å². The summed E-state index contributed by atoms with van der Waals surface area (Å²) < 4.78 is 80.7. The minimum absolute atomic E-state index is 0.0278. The molecule has 0 saturated heterocycles. The highest BCUT2D eigenvalue weighted by molar-refractivity contribution is 5.70. The molecule has 0 amide bonds. The molecule has 4 aromatic carbocycles. The number of carbonyl (C=O) groups is 4. The van der Waals surface area contributed by atoms with Crippen molar-refractivity contribution in [1.29, 1.82) is 0 Å². The van der Waals surface area contributed by atoms with Crippen molar-refractivity contribution in [2.75, 3.05) is 0 Å². The Hall–Kier alpha value is -5.59. The van der Waals surface area contributed by atoms with Gasteiger partial charge in [-0.05, 0) is 60.7 Å². The van der Waals surface area contributed by atoms with Crippen LogP contribution in [0.3, 0.4) is 0 Å². The smallest absolute Gasteiger partial charge is 0.308 e. The normalized spacial score (nSPS) is 9.36. The summed E-state index contributed by atoms with van der Waals surface area (Å²) in [7, 11) is 0. The van der Waals surface area contributed by atoms with Crippen molar-refractivity contribution < 1.29 is 60.1 Å². The van der Waals surface area contributed by atoms with E-state index in [1.54, 1.807) is 6.07 Å². The van der Waals surface area contributed by atoms with E-state index in [0.717, 1.165) is 19.1 Å². The molecule has 0 atom stereocenters. The fourth-order valence-electron chi connectivity index (χ4n) is 2.77. The van der Waals surface area contributed by atoms with E-state index < -0.39 is 47.1 Å². The number of esters is 4. The Labute approximate surface area is 254 Å². The Morgan fingerprint density at radius 2 is 0.911 bits per heavy atom. The molecule has 0 aromatic heterocycles. The second-order valence-electron chi connectivity index (χ2n) is 8.27. The zero-order valence-corrected chi connectivity index (χ0v) is 24.3. The van der Waals surface area contributed by atoms with Crippen LogP contribution in [0.4, 0.5) is 22.0 Å². The molecule has 0 spiro atoms. The largest absolute Gasteiger partial charge is 0.427 e. The van der Waals surface area contributed by atoms with Crippen molar-refractivity contribution in [2.45, 2.75) is 27.7 Å². The lowest BCUT2D eigenvalue weighted by molar-refractivity contribution is -0.133. The summed E-state index contributed by atoms with van der Waals surface area (Å²) in [6.07, 6.45) is 0. The van der Waals surface area contributed by atoms with Crippen LogP contribution in [0.15, 0.2) is 91.0 Å². The number of rotatable bonds is 4. The molecule has 4 rings (SSSR count). The average molecular weight is 635 g/mol. The van der Waals surface area contributed by atoms with Crippen LogP contribution >= 0.6 is 0 Å². The lowest BCUT2D eigenvalue weighted by Gasteiger charge is -2.01. The van der Waals surface area contributed by atoms with Gasteiger partial charge in [0.05, 0.1) is 0 Å². The van der Waals surface area contributed by atoms with Crippen LogP contribution in [0.25, 0.3) is 0 Å². The maximum atomic E-state index is 12.7. The third-order valence-corrected chi connectivity index (χ3v) is 4.39. The predicted molar refractivity (Wildman–Crippen MR) is 151 cm³/mol. The van der Waals surface area contributed by atoms with Gasteiger partial charge >= 0.3 is 23.9 Å². The second-order valence-corrected chi connectivity index (χ2v) is 8.27. The topological polar surface area (TPSA) is 105 Å². The molecular weight excluding hydrogens is 607 g/mol. The van der Waals surface area contributed by atoms with Crippen LogP contribution in [-0.2, 0) is 19.2 Å². The van der Waals surface area contributed by atoms with Crippen LogP contribution < -0.4 is 18.9 Å². The number of para-hydroxylation sites is 1. The summed E-state index contributed by atoms with van der Waals surface area (Å²) in [4.78, 5) is 41.5. The first-order valence-corrected chi connectivity index (χ1v) is 12.6. The lowest BCUT2D eigenvalue weighted by Crippen LogP contribution is -2.03. The van der Waals surface area contributed by atoms with E-state index in [9.17, 15) is 41.1 Å². The summed E-state index contributed by atoms with van der Waals surface area (Å²) >= 11 is 0. The van der Waals surface area contributed by atoms with E-state index in [-0.39, 0.29) is 23.1 Å². The fraction of sp³-hybridized carbons (Fsp3) is 0.125. The minimum Gasteiger partial charge on any atom is -0.427 e. The van der Waals surface area contributed by atoms with E-state index in [0.29, 0.717) is 5.75 Å². The van der Waals surface area contributed by atoms with E-state index in [4.69, 9.17) is 0 Å². The average Bonchev–Trinajstić information content (AvgIpc) is 2.94. The van der Waals surface area contributed by atoms with E-state index in [1.807, 2.05) is 0 Å². The molecule has 0 saturated carbocycles. The first kappa shape index (κ1) is 37.4. The third-order valence-electron chi connectivity index (χ3n) is 4.39. The molecule has 238 valence electrons. The first-order valence-electron chi connectivity index (χ1n) is 12.6. The van der Waals surface area contributed by atoms with Gasteiger partial charge in [0.1, 0.15) is 23.1 Å². The Bertz CT molecular complexity index is 1580. The standard InChI is InChI=1S/C8H6F2O2.3C8H7FO2/c1-5(11)12-7-4-2-3-6(9)8(7)10;1-6(10)11-8-4-2-7(9)3-5-8;1-6(10)11-8-4-2-3-7(9)5-8;1-6(10)11-8-5-3-2-4-7(8)9/h2-4H,1H3;3*2-5H,1H3. The van der Waals surface area contributed by atoms with Gasteiger partial charge in [-0.3, -0.25) is 19.2 Å². The maximum absolute atomic E-state index is 12.7. The Morgan fingerprint density at radius 1 is 0.444 bits per heavy atom. The Kier molecular flexibility index (Phi) is 16.3. The zero-order chi connectivity index (χ0) is 33.9. The van der Waals surface area contributed by atoms with Gasteiger partial charge in [-0.25, -0.2) is 17.6 Å². The summed E-state index contributed by atoms with van der Waals surface area (Å²) in [6.45, 7) is 4.91. The number of hydrogen-bond donors (Lipinski definition) is 0. The quantitative estimate of drug-likeness (QED) is 0.133. The molecule has 0 aliphatic carbocycles. The summed E-state index contributed by atoms with van der Waals surface area (Å²) in [5, 5.41) is 0. The minimum atomic E-state index is -1.15. The highest BCUT2D eigenvalue weighted by atomic mass is 19.2. The number of benzene rings is 4. The molecule has 45 heavy (non-hydrogen) atoms. The highest BCUT2D eigenvalue weighted by Crippen LogP contribution is 2.19. The number of ether oxygens (including phenoxy) is 4. The monoisotopic (exact) mass is 634 g/mol. The zero-order valence-electron chi connectivity index (χ0n) is 24.3. The molecule has 0 fully saturated rings.